The number of Topliss-reactive ketones (excluding diaryl/α,β-unsaturated/α-hetero) is 6. The molecule has 852 valence electrons. The van der Waals surface area contributed by atoms with Crippen molar-refractivity contribution in [2.75, 3.05) is 123 Å². The van der Waals surface area contributed by atoms with E-state index in [-0.39, 0.29) is 167 Å². The van der Waals surface area contributed by atoms with Crippen molar-refractivity contribution in [3.05, 3.63) is 0 Å². The van der Waals surface area contributed by atoms with Crippen molar-refractivity contribution in [3.8, 4) is 0 Å². The SMILES string of the molecule is CC(C)CC(=O)CCCCC(=O)N(C)C.CC(C)NC(=O)CCCCCCC(=O)CN(C)C.CCC(=O)CN(CC(=O)CC)CC(=O)CCCCCCC(=O)NC(C)(C)C.CN(C)C(=O)CCCCCCCCC(=O)NC(C)(C)C.CNC(=O)CCCCC(=O)NCCCC[C@H](NC(=O)CCCCC(=O)NC)C(=O)NCCCCCC(=O)NC(C)C.CNC(=O)[C@@H]1C[C@H](C(=O)NC)CN(C(=O)CCCCC(=O)CC(C)C)C1. The molecule has 0 bridgehead atoms. The summed E-state index contributed by atoms with van der Waals surface area (Å²) in [5, 5.41) is 30.5. The maximum absolute atomic E-state index is 12.8. The number of hydrogen-bond donors (Lipinski definition) is 11. The molecule has 3 atom stereocenters. The number of piperidine rings is 1. The summed E-state index contributed by atoms with van der Waals surface area (Å²) < 4.78 is 0. The van der Waals surface area contributed by atoms with Crippen LogP contribution in [0.5, 0.6) is 0 Å². The van der Waals surface area contributed by atoms with Gasteiger partial charge in [0.05, 0.1) is 38.0 Å². The van der Waals surface area contributed by atoms with E-state index in [0.29, 0.717) is 236 Å². The van der Waals surface area contributed by atoms with Crippen LogP contribution < -0.4 is 58.5 Å². The van der Waals surface area contributed by atoms with Gasteiger partial charge < -0.3 is 78.1 Å². The molecule has 0 spiro atoms. The van der Waals surface area contributed by atoms with Crippen molar-refractivity contribution in [1.82, 2.24) is 83.0 Å². The van der Waals surface area contributed by atoms with E-state index in [0.717, 1.165) is 122 Å². The Bertz CT molecular complexity index is 3670. The van der Waals surface area contributed by atoms with Crippen LogP contribution in [0.4, 0.5) is 0 Å². The van der Waals surface area contributed by atoms with E-state index in [1.165, 1.54) is 0 Å². The summed E-state index contributed by atoms with van der Waals surface area (Å²) in [5.41, 5.74) is -0.330. The lowest BCUT2D eigenvalue weighted by atomic mass is 9.87. The molecule has 0 aliphatic carbocycles. The van der Waals surface area contributed by atoms with Gasteiger partial charge in [-0.2, -0.15) is 0 Å². The van der Waals surface area contributed by atoms with Crippen molar-refractivity contribution < 1.29 is 95.9 Å². The summed E-state index contributed by atoms with van der Waals surface area (Å²) >= 11 is 0. The summed E-state index contributed by atoms with van der Waals surface area (Å²) in [6.07, 6.45) is 33.1. The number of unbranched alkanes of at least 4 members (excludes halogenated alkanes) is 18. The van der Waals surface area contributed by atoms with Crippen LogP contribution in [0.3, 0.4) is 0 Å². The van der Waals surface area contributed by atoms with E-state index < -0.39 is 6.04 Å². The fraction of sp³-hybridized carbons (Fsp3) is 0.820. The highest BCUT2D eigenvalue weighted by Gasteiger charge is 2.37. The van der Waals surface area contributed by atoms with Gasteiger partial charge in [-0.05, 0) is 224 Å². The number of nitrogens with zero attached hydrogens (tertiary/aromatic N) is 5. The molecular weight excluding hydrogens is 1880 g/mol. The fourth-order valence-corrected chi connectivity index (χ4v) is 15.2. The third-order valence-electron chi connectivity index (χ3n) is 23.1. The smallest absolute Gasteiger partial charge is 0.242 e. The number of carbonyl (C=O) groups is 20. The summed E-state index contributed by atoms with van der Waals surface area (Å²) in [7, 11) is 17.2. The molecule has 0 saturated carbocycles. The minimum atomic E-state index is -0.682. The highest BCUT2D eigenvalue weighted by Crippen LogP contribution is 2.25. The quantitative estimate of drug-likeness (QED) is 0.0252. The Morgan fingerprint density at radius 2 is 0.599 bits per heavy atom. The van der Waals surface area contributed by atoms with E-state index in [4.69, 9.17) is 0 Å². The second kappa shape index (κ2) is 91.5. The van der Waals surface area contributed by atoms with Gasteiger partial charge in [0, 0.05) is 228 Å². The molecule has 0 radical (unpaired) electrons. The minimum Gasteiger partial charge on any atom is -0.359 e. The molecule has 1 aliphatic rings. The molecule has 1 saturated heterocycles. The molecular formula is C111H208N16O20. The fourth-order valence-electron chi connectivity index (χ4n) is 15.2. The first-order valence-corrected chi connectivity index (χ1v) is 55.0. The van der Waals surface area contributed by atoms with Gasteiger partial charge in [-0.25, -0.2) is 0 Å². The van der Waals surface area contributed by atoms with Crippen LogP contribution in [-0.4, -0.2) is 294 Å². The molecule has 36 nitrogen and oxygen atoms in total. The first kappa shape index (κ1) is 146. The molecule has 1 heterocycles. The van der Waals surface area contributed by atoms with E-state index >= 15 is 0 Å². The van der Waals surface area contributed by atoms with Crippen LogP contribution in [0, 0.1) is 23.7 Å². The zero-order valence-electron chi connectivity index (χ0n) is 96.5. The maximum atomic E-state index is 12.8. The average molecular weight is 2090 g/mol. The summed E-state index contributed by atoms with van der Waals surface area (Å²) in [5.74, 6) is 0.820. The molecule has 1 fully saturated rings. The Kier molecular flexibility index (Phi) is 90.9. The van der Waals surface area contributed by atoms with Crippen molar-refractivity contribution in [2.24, 2.45) is 23.7 Å². The van der Waals surface area contributed by atoms with E-state index in [2.05, 4.69) is 58.5 Å². The van der Waals surface area contributed by atoms with Crippen molar-refractivity contribution in [3.63, 3.8) is 0 Å². The lowest BCUT2D eigenvalue weighted by molar-refractivity contribution is -0.141. The third-order valence-corrected chi connectivity index (χ3v) is 23.1. The lowest BCUT2D eigenvalue weighted by Gasteiger charge is -2.36. The Labute approximate surface area is 886 Å². The van der Waals surface area contributed by atoms with Crippen LogP contribution in [0.25, 0.3) is 0 Å². The second-order valence-electron chi connectivity index (χ2n) is 43.0. The van der Waals surface area contributed by atoms with Gasteiger partial charge in [-0.3, -0.25) is 101 Å². The van der Waals surface area contributed by atoms with Gasteiger partial charge >= 0.3 is 0 Å². The van der Waals surface area contributed by atoms with Gasteiger partial charge in [0.15, 0.2) is 0 Å². The molecule has 0 aromatic rings. The molecule has 147 heavy (non-hydrogen) atoms. The zero-order valence-corrected chi connectivity index (χ0v) is 96.5. The molecule has 36 heteroatoms. The Morgan fingerprint density at radius 3 is 0.952 bits per heavy atom. The van der Waals surface area contributed by atoms with Gasteiger partial charge in [0.1, 0.15) is 40.7 Å². The molecule has 1 aliphatic heterocycles. The second-order valence-corrected chi connectivity index (χ2v) is 43.0. The largest absolute Gasteiger partial charge is 0.359 e. The average Bonchev–Trinajstić information content (AvgIpc) is 0.826. The number of carbonyl (C=O) groups excluding carboxylic acids is 20. The summed E-state index contributed by atoms with van der Waals surface area (Å²) in [6.45, 7) is 34.0. The first-order chi connectivity index (χ1) is 69.0. The Balaban J connectivity index is -0.000000566. The molecule has 0 unspecified atom stereocenters. The van der Waals surface area contributed by atoms with Crippen LogP contribution >= 0.6 is 0 Å². The van der Waals surface area contributed by atoms with Crippen LogP contribution in [0.2, 0.25) is 0 Å². The molecule has 11 N–H and O–H groups in total. The number of amides is 14. The lowest BCUT2D eigenvalue weighted by Crippen LogP contribution is -2.51. The Hall–Kier alpha value is -9.48. The first-order valence-electron chi connectivity index (χ1n) is 55.0. The summed E-state index contributed by atoms with van der Waals surface area (Å²) in [6, 6.07) is -0.341. The van der Waals surface area contributed by atoms with Crippen molar-refractivity contribution >= 4 is 117 Å². The van der Waals surface area contributed by atoms with E-state index in [1.54, 1.807) is 89.8 Å². The Morgan fingerprint density at radius 1 is 0.306 bits per heavy atom. The van der Waals surface area contributed by atoms with Crippen LogP contribution in [0.1, 0.15) is 419 Å². The number of likely N-dealkylation sites (tertiary alicyclic amines) is 1. The number of nitrogens with one attached hydrogen (secondary N) is 11. The summed E-state index contributed by atoms with van der Waals surface area (Å²) in [4.78, 5) is 244. The monoisotopic (exact) mass is 2090 g/mol. The molecule has 0 aromatic heterocycles. The van der Waals surface area contributed by atoms with Gasteiger partial charge in [-0.1, -0.05) is 99.3 Å². The standard InChI is InChI=1S/C29H54N6O6.C21H38N2O4.C19H33N3O4.C16H32N2O2.C14H28N2O2.C12H23NO2/c1-22(2)34-27(39)18-6-5-12-21-33-29(41)23(35-28(40)19-10-8-16-25(37)31-4)14-11-13-20-32-26(38)17-9-7-15-24(36)30-3;1-6-17(24)14-23(15-18(25)7-2)16-19(26)12-10-8-9-11-13-20(27)22-21(3,4)5;1-13(2)9-16(23)7-5-6-8-17(24)22-11-14(18(25)20-3)10-15(12-22)19(26)21-4;1-16(2,3)17-14(19)12-10-8-6-7-9-11-13-15(20)18(4)5;1-12(2)15-14(18)10-8-6-5-7-9-13(17)11-16(3)4;1-10(2)9-11(14)7-5-6-8-12(15)13(3)4/h22-23H,5-21H2,1-4H3,(H,30,36)(H,31,37)(H,32,38)(H,33,41)(H,34,39)(H,35,40);6-16H2,1-5H3,(H,22,27);13-15H,5-12H2,1-4H3,(H,20,25)(H,21,26);6-13H2,1-5H3,(H,17,19);12H,5-11H2,1-4H3,(H,15,18);10H,5-9H2,1-4H3/t23-;;14-,15+;;;/m0...../s1. The molecule has 14 amide bonds. The van der Waals surface area contributed by atoms with Gasteiger partial charge in [-0.15, -0.1) is 0 Å². The third kappa shape index (κ3) is 98.3. The predicted molar refractivity (Wildman–Crippen MR) is 585 cm³/mol. The van der Waals surface area contributed by atoms with Gasteiger partial charge in [0.2, 0.25) is 82.7 Å². The van der Waals surface area contributed by atoms with Gasteiger partial charge in [0.25, 0.3) is 0 Å². The van der Waals surface area contributed by atoms with Crippen molar-refractivity contribution in [1.29, 1.82) is 0 Å². The van der Waals surface area contributed by atoms with E-state index in [9.17, 15) is 95.9 Å². The normalized spacial score (nSPS) is 12.7. The number of hydrogen-bond acceptors (Lipinski definition) is 22. The maximum Gasteiger partial charge on any atom is 0.242 e. The number of likely N-dealkylation sites (N-methyl/N-ethyl adjacent to an activating group) is 1. The zero-order chi connectivity index (χ0) is 113. The highest BCUT2D eigenvalue weighted by molar-refractivity contribution is 5.89. The molecule has 1 rings (SSSR count). The van der Waals surface area contributed by atoms with Crippen LogP contribution in [-0.2, 0) is 95.9 Å². The minimum absolute atomic E-state index is 0.0272. The van der Waals surface area contributed by atoms with Crippen molar-refractivity contribution in [2.45, 2.75) is 448 Å². The van der Waals surface area contributed by atoms with E-state index in [1.807, 2.05) is 116 Å². The number of ketones is 6. The van der Waals surface area contributed by atoms with Crippen LogP contribution in [0.15, 0.2) is 0 Å². The molecule has 0 aromatic carbocycles. The topological polar surface area (TPSA) is 490 Å². The predicted octanol–water partition coefficient (Wildman–Crippen LogP) is 13.1. The highest BCUT2D eigenvalue weighted by atomic mass is 16.2. The number of rotatable bonds is 74.